The van der Waals surface area contributed by atoms with Crippen LogP contribution < -0.4 is 5.73 Å². The average Bonchev–Trinajstić information content (AvgIpc) is 3.01. The summed E-state index contributed by atoms with van der Waals surface area (Å²) in [5.41, 5.74) is 7.28. The Hall–Kier alpha value is -2.90. The van der Waals surface area contributed by atoms with Gasteiger partial charge in [0.15, 0.2) is 11.6 Å². The molecule has 0 atom stereocenters. The van der Waals surface area contributed by atoms with Crippen molar-refractivity contribution in [1.29, 1.82) is 0 Å². The Kier molecular flexibility index (Phi) is 2.41. The highest BCUT2D eigenvalue weighted by Crippen LogP contribution is 2.15. The van der Waals surface area contributed by atoms with Crippen LogP contribution in [0.15, 0.2) is 36.0 Å². The van der Waals surface area contributed by atoms with E-state index in [1.807, 2.05) is 13.0 Å². The summed E-state index contributed by atoms with van der Waals surface area (Å²) in [4.78, 5) is 8.36. The van der Waals surface area contributed by atoms with E-state index in [-0.39, 0.29) is 5.84 Å². The summed E-state index contributed by atoms with van der Waals surface area (Å²) in [7, 11) is 0. The van der Waals surface area contributed by atoms with Crippen LogP contribution in [0.5, 0.6) is 0 Å². The van der Waals surface area contributed by atoms with E-state index in [9.17, 15) is 0 Å². The van der Waals surface area contributed by atoms with Crippen LogP contribution in [-0.2, 0) is 0 Å². The molecule has 0 spiro atoms. The molecule has 8 heteroatoms. The second kappa shape index (κ2) is 4.09. The number of aromatic nitrogens is 5. The molecule has 0 aromatic carbocycles. The van der Waals surface area contributed by atoms with Crippen LogP contribution in [-0.4, -0.2) is 35.2 Å². The highest BCUT2D eigenvalue weighted by molar-refractivity contribution is 5.94. The molecule has 0 aliphatic rings. The van der Waals surface area contributed by atoms with Crippen LogP contribution in [0.2, 0.25) is 0 Å². The molecule has 3 heterocycles. The van der Waals surface area contributed by atoms with Gasteiger partial charge in [-0.1, -0.05) is 5.16 Å². The van der Waals surface area contributed by atoms with Crippen molar-refractivity contribution >= 4 is 11.4 Å². The van der Waals surface area contributed by atoms with Gasteiger partial charge in [0, 0.05) is 24.8 Å². The molecule has 19 heavy (non-hydrogen) atoms. The Morgan fingerprint density at radius 1 is 1.32 bits per heavy atom. The van der Waals surface area contributed by atoms with Crippen molar-refractivity contribution in [2.45, 2.75) is 6.92 Å². The molecule has 3 rings (SSSR count). The largest absolute Gasteiger partial charge is 0.409 e. The van der Waals surface area contributed by atoms with E-state index >= 15 is 0 Å². The Balaban J connectivity index is 2.28. The Bertz CT molecular complexity index is 770. The number of nitrogens with zero attached hydrogens (tertiary/aromatic N) is 6. The molecule has 0 saturated heterocycles. The quantitative estimate of drug-likeness (QED) is 0.297. The molecule has 0 unspecified atom stereocenters. The van der Waals surface area contributed by atoms with E-state index in [0.29, 0.717) is 11.6 Å². The SMILES string of the molecule is Cc1cc2c(-n3ccnc3/C(N)=N/O)nccn2n1. The molecule has 0 aliphatic heterocycles. The molecule has 8 nitrogen and oxygen atoms in total. The summed E-state index contributed by atoms with van der Waals surface area (Å²) in [5.74, 6) is 0.856. The Labute approximate surface area is 107 Å². The number of imidazole rings is 1. The highest BCUT2D eigenvalue weighted by atomic mass is 16.4. The summed E-state index contributed by atoms with van der Waals surface area (Å²) in [6.07, 6.45) is 6.64. The predicted octanol–water partition coefficient (Wildman–Crippen LogP) is 0.318. The zero-order valence-corrected chi connectivity index (χ0v) is 10.1. The molecular weight excluding hydrogens is 246 g/mol. The molecular formula is C11H11N7O. The number of oxime groups is 1. The predicted molar refractivity (Wildman–Crippen MR) is 67.4 cm³/mol. The number of fused-ring (bicyclic) bond motifs is 1. The molecule has 96 valence electrons. The van der Waals surface area contributed by atoms with Crippen molar-refractivity contribution in [1.82, 2.24) is 24.1 Å². The molecule has 0 bridgehead atoms. The maximum Gasteiger partial charge on any atom is 0.206 e. The molecule has 0 amide bonds. The van der Waals surface area contributed by atoms with Gasteiger partial charge in [0.1, 0.15) is 5.52 Å². The lowest BCUT2D eigenvalue weighted by atomic mass is 10.4. The number of amidine groups is 1. The van der Waals surface area contributed by atoms with Gasteiger partial charge >= 0.3 is 0 Å². The third kappa shape index (κ3) is 1.69. The van der Waals surface area contributed by atoms with Gasteiger partial charge in [-0.25, -0.2) is 14.5 Å². The lowest BCUT2D eigenvalue weighted by molar-refractivity contribution is 0.318. The van der Waals surface area contributed by atoms with Gasteiger partial charge in [0.05, 0.1) is 5.69 Å². The van der Waals surface area contributed by atoms with Gasteiger partial charge < -0.3 is 10.9 Å². The van der Waals surface area contributed by atoms with Gasteiger partial charge in [0.2, 0.25) is 5.84 Å². The van der Waals surface area contributed by atoms with Crippen LogP contribution in [0.1, 0.15) is 11.5 Å². The maximum atomic E-state index is 8.77. The molecule has 3 aromatic heterocycles. The number of hydrogen-bond donors (Lipinski definition) is 2. The molecule has 0 aliphatic carbocycles. The van der Waals surface area contributed by atoms with E-state index in [1.54, 1.807) is 33.9 Å². The summed E-state index contributed by atoms with van der Waals surface area (Å²) in [6, 6.07) is 1.90. The second-order valence-corrected chi connectivity index (χ2v) is 3.97. The second-order valence-electron chi connectivity index (χ2n) is 3.97. The zero-order valence-electron chi connectivity index (χ0n) is 10.1. The molecule has 0 fully saturated rings. The van der Waals surface area contributed by atoms with E-state index in [2.05, 4.69) is 20.2 Å². The van der Waals surface area contributed by atoms with Crippen LogP contribution in [0.25, 0.3) is 11.3 Å². The standard InChI is InChI=1S/C11H11N7O/c1-7-6-8-10(13-3-5-18(8)15-7)17-4-2-14-11(17)9(12)16-19/h2-6,19H,1H3,(H2,12,16). The van der Waals surface area contributed by atoms with Crippen LogP contribution in [0, 0.1) is 6.92 Å². The highest BCUT2D eigenvalue weighted by Gasteiger charge is 2.14. The van der Waals surface area contributed by atoms with Crippen molar-refractivity contribution in [3.8, 4) is 5.82 Å². The minimum Gasteiger partial charge on any atom is -0.409 e. The summed E-state index contributed by atoms with van der Waals surface area (Å²) in [6.45, 7) is 1.90. The van der Waals surface area contributed by atoms with Crippen LogP contribution in [0.4, 0.5) is 0 Å². The van der Waals surface area contributed by atoms with E-state index in [0.717, 1.165) is 11.2 Å². The minimum absolute atomic E-state index is 0.0787. The minimum atomic E-state index is -0.0787. The van der Waals surface area contributed by atoms with Crippen molar-refractivity contribution in [2.24, 2.45) is 10.9 Å². The summed E-state index contributed by atoms with van der Waals surface area (Å²) < 4.78 is 3.36. The van der Waals surface area contributed by atoms with Gasteiger partial charge in [0.25, 0.3) is 0 Å². The van der Waals surface area contributed by atoms with Crippen LogP contribution >= 0.6 is 0 Å². The normalized spacial score (nSPS) is 12.2. The monoisotopic (exact) mass is 257 g/mol. The molecule has 0 saturated carbocycles. The van der Waals surface area contributed by atoms with Gasteiger partial charge in [-0.3, -0.25) is 4.57 Å². The first-order valence-corrected chi connectivity index (χ1v) is 5.53. The number of hydrogen-bond acceptors (Lipinski definition) is 5. The number of aryl methyl sites for hydroxylation is 1. The third-order valence-corrected chi connectivity index (χ3v) is 2.70. The summed E-state index contributed by atoms with van der Waals surface area (Å²) in [5, 5.41) is 16.0. The van der Waals surface area contributed by atoms with Crippen LogP contribution in [0.3, 0.4) is 0 Å². The van der Waals surface area contributed by atoms with Gasteiger partial charge in [-0.05, 0) is 13.0 Å². The fourth-order valence-corrected chi connectivity index (χ4v) is 1.92. The summed E-state index contributed by atoms with van der Waals surface area (Å²) >= 11 is 0. The first-order valence-electron chi connectivity index (χ1n) is 5.53. The lowest BCUT2D eigenvalue weighted by Gasteiger charge is -2.06. The fraction of sp³-hybridized carbons (Fsp3) is 0.0909. The first-order chi connectivity index (χ1) is 9.20. The van der Waals surface area contributed by atoms with Gasteiger partial charge in [-0.2, -0.15) is 5.10 Å². The zero-order chi connectivity index (χ0) is 13.4. The van der Waals surface area contributed by atoms with Gasteiger partial charge in [-0.15, -0.1) is 0 Å². The third-order valence-electron chi connectivity index (χ3n) is 2.70. The van der Waals surface area contributed by atoms with Crippen molar-refractivity contribution in [2.75, 3.05) is 0 Å². The average molecular weight is 257 g/mol. The van der Waals surface area contributed by atoms with Crippen molar-refractivity contribution < 1.29 is 5.21 Å². The molecule has 3 N–H and O–H groups in total. The topological polar surface area (TPSA) is 107 Å². The van der Waals surface area contributed by atoms with E-state index in [4.69, 9.17) is 10.9 Å². The molecule has 3 aromatic rings. The first kappa shape index (κ1) is 11.2. The van der Waals surface area contributed by atoms with E-state index < -0.39 is 0 Å². The maximum absolute atomic E-state index is 8.77. The molecule has 0 radical (unpaired) electrons. The Morgan fingerprint density at radius 3 is 2.89 bits per heavy atom. The van der Waals surface area contributed by atoms with Crippen molar-refractivity contribution in [3.05, 3.63) is 42.4 Å². The van der Waals surface area contributed by atoms with E-state index in [1.165, 1.54) is 0 Å². The fourth-order valence-electron chi connectivity index (χ4n) is 1.92. The lowest BCUT2D eigenvalue weighted by Crippen LogP contribution is -2.19. The number of rotatable bonds is 2. The smallest absolute Gasteiger partial charge is 0.206 e. The van der Waals surface area contributed by atoms with Crippen molar-refractivity contribution in [3.63, 3.8) is 0 Å². The number of nitrogens with two attached hydrogens (primary N) is 1. The Morgan fingerprint density at radius 2 is 2.11 bits per heavy atom.